The number of fused-ring (bicyclic) bond motifs is 1. The number of nitrogens with two attached hydrogens (primary N) is 1. The highest BCUT2D eigenvalue weighted by atomic mass is 16.5. The number of rotatable bonds is 6. The summed E-state index contributed by atoms with van der Waals surface area (Å²) in [6.07, 6.45) is 5.61. The zero-order valence-corrected chi connectivity index (χ0v) is 11.6. The van der Waals surface area contributed by atoms with Crippen LogP contribution >= 0.6 is 0 Å². The lowest BCUT2D eigenvalue weighted by Gasteiger charge is -2.15. The fourth-order valence-electron chi connectivity index (χ4n) is 2.59. The lowest BCUT2D eigenvalue weighted by molar-refractivity contribution is -0.150. The molecule has 1 aliphatic carbocycles. The molecule has 1 atom stereocenters. The molecule has 0 spiro atoms. The topological polar surface area (TPSA) is 52.3 Å². The van der Waals surface area contributed by atoms with E-state index in [9.17, 15) is 4.79 Å². The average Bonchev–Trinajstić information content (AvgIpc) is 2.80. The third kappa shape index (κ3) is 3.80. The van der Waals surface area contributed by atoms with Crippen molar-refractivity contribution in [2.45, 2.75) is 57.6 Å². The third-order valence-corrected chi connectivity index (χ3v) is 3.72. The molecule has 0 saturated carbocycles. The zero-order valence-electron chi connectivity index (χ0n) is 11.6. The summed E-state index contributed by atoms with van der Waals surface area (Å²) in [7, 11) is 0. The molecule has 1 aromatic rings. The Morgan fingerprint density at radius 3 is 2.53 bits per heavy atom. The van der Waals surface area contributed by atoms with Crippen LogP contribution in [0.3, 0.4) is 0 Å². The number of ether oxygens (including phenoxy) is 1. The maximum Gasteiger partial charge on any atom is 0.323 e. The molecule has 1 unspecified atom stereocenters. The first-order chi connectivity index (χ1) is 9.20. The standard InChI is InChI=1S/C16H23NO2/c1-2-3-4-9-15(17)16(18)19-14-10-12-7-5-6-8-13(12)11-14/h5-8,14-15H,2-4,9-11,17H2,1H3. The average molecular weight is 261 g/mol. The van der Waals surface area contributed by atoms with Crippen LogP contribution in [-0.4, -0.2) is 18.1 Å². The summed E-state index contributed by atoms with van der Waals surface area (Å²) in [6, 6.07) is 7.79. The maximum absolute atomic E-state index is 11.9. The van der Waals surface area contributed by atoms with Crippen LogP contribution in [0.15, 0.2) is 24.3 Å². The van der Waals surface area contributed by atoms with Gasteiger partial charge in [0.15, 0.2) is 0 Å². The summed E-state index contributed by atoms with van der Waals surface area (Å²) in [6.45, 7) is 2.14. The van der Waals surface area contributed by atoms with Gasteiger partial charge in [-0.25, -0.2) is 0 Å². The largest absolute Gasteiger partial charge is 0.461 e. The normalized spacial score (nSPS) is 16.1. The molecule has 0 fully saturated rings. The van der Waals surface area contributed by atoms with Gasteiger partial charge in [0.1, 0.15) is 12.1 Å². The third-order valence-electron chi connectivity index (χ3n) is 3.72. The van der Waals surface area contributed by atoms with Crippen molar-refractivity contribution < 1.29 is 9.53 Å². The first-order valence-electron chi connectivity index (χ1n) is 7.23. The van der Waals surface area contributed by atoms with E-state index in [0.29, 0.717) is 0 Å². The van der Waals surface area contributed by atoms with Crippen molar-refractivity contribution in [2.75, 3.05) is 0 Å². The lowest BCUT2D eigenvalue weighted by atomic mass is 10.1. The van der Waals surface area contributed by atoms with E-state index in [1.165, 1.54) is 11.1 Å². The molecule has 0 amide bonds. The number of carbonyl (C=O) groups is 1. The van der Waals surface area contributed by atoms with Crippen LogP contribution < -0.4 is 5.73 Å². The molecule has 0 saturated heterocycles. The quantitative estimate of drug-likeness (QED) is 0.632. The second kappa shape index (κ2) is 6.71. The van der Waals surface area contributed by atoms with Crippen LogP contribution in [0.1, 0.15) is 43.7 Å². The highest BCUT2D eigenvalue weighted by Crippen LogP contribution is 2.24. The smallest absolute Gasteiger partial charge is 0.323 e. The fourth-order valence-corrected chi connectivity index (χ4v) is 2.59. The fraction of sp³-hybridized carbons (Fsp3) is 0.562. The molecule has 0 bridgehead atoms. The van der Waals surface area contributed by atoms with Crippen molar-refractivity contribution in [3.63, 3.8) is 0 Å². The molecule has 104 valence electrons. The molecule has 0 heterocycles. The second-order valence-corrected chi connectivity index (χ2v) is 5.34. The van der Waals surface area contributed by atoms with Crippen molar-refractivity contribution in [3.8, 4) is 0 Å². The number of hydrogen-bond acceptors (Lipinski definition) is 3. The Labute approximate surface area is 115 Å². The molecule has 1 aliphatic rings. The number of esters is 1. The molecule has 1 aromatic carbocycles. The Hall–Kier alpha value is -1.35. The van der Waals surface area contributed by atoms with Crippen molar-refractivity contribution in [1.29, 1.82) is 0 Å². The van der Waals surface area contributed by atoms with Crippen LogP contribution in [0, 0.1) is 0 Å². The zero-order chi connectivity index (χ0) is 13.7. The van der Waals surface area contributed by atoms with E-state index in [4.69, 9.17) is 10.5 Å². The molecule has 3 nitrogen and oxygen atoms in total. The van der Waals surface area contributed by atoms with Gasteiger partial charge in [-0.1, -0.05) is 50.5 Å². The van der Waals surface area contributed by atoms with E-state index >= 15 is 0 Å². The summed E-state index contributed by atoms with van der Waals surface area (Å²) in [5.41, 5.74) is 8.45. The minimum absolute atomic E-state index is 0.0258. The first kappa shape index (κ1) is 14.1. The van der Waals surface area contributed by atoms with Gasteiger partial charge in [-0.05, 0) is 17.5 Å². The van der Waals surface area contributed by atoms with E-state index < -0.39 is 6.04 Å². The Bertz CT molecular complexity index is 406. The SMILES string of the molecule is CCCCCC(N)C(=O)OC1Cc2ccccc2C1. The number of hydrogen-bond donors (Lipinski definition) is 1. The first-order valence-corrected chi connectivity index (χ1v) is 7.23. The van der Waals surface area contributed by atoms with Crippen LogP contribution in [0.4, 0.5) is 0 Å². The summed E-state index contributed by atoms with van der Waals surface area (Å²) < 4.78 is 5.52. The van der Waals surface area contributed by atoms with Gasteiger partial charge in [0.2, 0.25) is 0 Å². The number of carbonyl (C=O) groups excluding carboxylic acids is 1. The number of benzene rings is 1. The summed E-state index contributed by atoms with van der Waals surface area (Å²) in [4.78, 5) is 11.9. The van der Waals surface area contributed by atoms with Crippen molar-refractivity contribution in [2.24, 2.45) is 5.73 Å². The van der Waals surface area contributed by atoms with Gasteiger partial charge in [-0.2, -0.15) is 0 Å². The summed E-state index contributed by atoms with van der Waals surface area (Å²) >= 11 is 0. The predicted molar refractivity (Wildman–Crippen MR) is 75.8 cm³/mol. The monoisotopic (exact) mass is 261 g/mol. The van der Waals surface area contributed by atoms with E-state index in [1.807, 2.05) is 12.1 Å². The van der Waals surface area contributed by atoms with Gasteiger partial charge in [0, 0.05) is 12.8 Å². The van der Waals surface area contributed by atoms with Crippen molar-refractivity contribution in [1.82, 2.24) is 0 Å². The highest BCUT2D eigenvalue weighted by molar-refractivity contribution is 5.75. The molecule has 3 heteroatoms. The number of unbranched alkanes of at least 4 members (excludes halogenated alkanes) is 2. The molecule has 0 aromatic heterocycles. The maximum atomic E-state index is 11.9. The van der Waals surface area contributed by atoms with Crippen molar-refractivity contribution >= 4 is 5.97 Å². The van der Waals surface area contributed by atoms with E-state index in [-0.39, 0.29) is 12.1 Å². The Morgan fingerprint density at radius 1 is 1.32 bits per heavy atom. The van der Waals surface area contributed by atoms with E-state index in [2.05, 4.69) is 19.1 Å². The minimum Gasteiger partial charge on any atom is -0.461 e. The molecular weight excluding hydrogens is 238 g/mol. The van der Waals surface area contributed by atoms with Gasteiger partial charge in [-0.3, -0.25) is 4.79 Å². The van der Waals surface area contributed by atoms with Crippen LogP contribution in [0.5, 0.6) is 0 Å². The summed E-state index contributed by atoms with van der Waals surface area (Å²) in [5, 5.41) is 0. The highest BCUT2D eigenvalue weighted by Gasteiger charge is 2.26. The molecule has 2 N–H and O–H groups in total. The van der Waals surface area contributed by atoms with Crippen LogP contribution in [0.25, 0.3) is 0 Å². The second-order valence-electron chi connectivity index (χ2n) is 5.34. The predicted octanol–water partition coefficient (Wildman–Crippen LogP) is 2.60. The summed E-state index contributed by atoms with van der Waals surface area (Å²) in [5.74, 6) is -0.242. The molecule has 0 radical (unpaired) electrons. The van der Waals surface area contributed by atoms with Crippen LogP contribution in [-0.2, 0) is 22.4 Å². The van der Waals surface area contributed by atoms with Gasteiger partial charge in [-0.15, -0.1) is 0 Å². The molecule has 19 heavy (non-hydrogen) atoms. The lowest BCUT2D eigenvalue weighted by Crippen LogP contribution is -2.35. The van der Waals surface area contributed by atoms with Crippen molar-refractivity contribution in [3.05, 3.63) is 35.4 Å². The van der Waals surface area contributed by atoms with Gasteiger partial charge in [0.25, 0.3) is 0 Å². The molecule has 0 aliphatic heterocycles. The Balaban J connectivity index is 1.78. The van der Waals surface area contributed by atoms with Gasteiger partial charge >= 0.3 is 5.97 Å². The van der Waals surface area contributed by atoms with Gasteiger partial charge in [0.05, 0.1) is 0 Å². The molecular formula is C16H23NO2. The molecule has 2 rings (SSSR count). The van der Waals surface area contributed by atoms with Crippen LogP contribution in [0.2, 0.25) is 0 Å². The van der Waals surface area contributed by atoms with Gasteiger partial charge < -0.3 is 10.5 Å². The Morgan fingerprint density at radius 2 is 1.95 bits per heavy atom. The van der Waals surface area contributed by atoms with E-state index in [1.54, 1.807) is 0 Å². The minimum atomic E-state index is -0.463. The van der Waals surface area contributed by atoms with E-state index in [0.717, 1.165) is 38.5 Å². The Kier molecular flexibility index (Phi) is 4.97.